The number of benzene rings is 1. The second-order valence-corrected chi connectivity index (χ2v) is 4.69. The largest absolute Gasteiger partial charge is 0.372 e. The van der Waals surface area contributed by atoms with Crippen LogP contribution in [0.25, 0.3) is 10.6 Å². The molecule has 0 saturated heterocycles. The Bertz CT molecular complexity index is 484. The zero-order valence-corrected chi connectivity index (χ0v) is 10.3. The number of nitrogens with zero attached hydrogens (tertiary/aromatic N) is 1. The van der Waals surface area contributed by atoms with Crippen molar-refractivity contribution in [2.24, 2.45) is 0 Å². The number of halogens is 2. The van der Waals surface area contributed by atoms with Gasteiger partial charge in [0.1, 0.15) is 16.6 Å². The summed E-state index contributed by atoms with van der Waals surface area (Å²) in [6, 6.07) is 4.83. The summed E-state index contributed by atoms with van der Waals surface area (Å²) >= 11 is 4.73. The highest BCUT2D eigenvalue weighted by Gasteiger charge is 2.09. The molecule has 0 saturated carbocycles. The van der Waals surface area contributed by atoms with Crippen LogP contribution < -0.4 is 5.32 Å². The van der Waals surface area contributed by atoms with Gasteiger partial charge in [-0.2, -0.15) is 0 Å². The van der Waals surface area contributed by atoms with Crippen molar-refractivity contribution in [1.82, 2.24) is 4.98 Å². The molecule has 1 heterocycles. The van der Waals surface area contributed by atoms with Crippen molar-refractivity contribution in [1.29, 1.82) is 0 Å². The van der Waals surface area contributed by atoms with Gasteiger partial charge < -0.3 is 5.32 Å². The summed E-state index contributed by atoms with van der Waals surface area (Å²) in [5.74, 6) is 0.504. The molecule has 0 aliphatic rings. The number of nitrogens with one attached hydrogen (secondary N) is 1. The summed E-state index contributed by atoms with van der Waals surface area (Å²) in [5, 5.41) is 5.45. The van der Waals surface area contributed by atoms with Crippen LogP contribution in [-0.4, -0.2) is 12.0 Å². The van der Waals surface area contributed by atoms with Crippen LogP contribution in [0.15, 0.2) is 28.1 Å². The van der Waals surface area contributed by atoms with Crippen LogP contribution in [-0.2, 0) is 0 Å². The van der Waals surface area contributed by atoms with Gasteiger partial charge in [0.2, 0.25) is 0 Å². The van der Waals surface area contributed by atoms with Crippen LogP contribution in [0.2, 0.25) is 0 Å². The van der Waals surface area contributed by atoms with Crippen LogP contribution in [0, 0.1) is 5.82 Å². The quantitative estimate of drug-likeness (QED) is 0.909. The van der Waals surface area contributed by atoms with E-state index in [9.17, 15) is 4.39 Å². The van der Waals surface area contributed by atoms with E-state index in [0.29, 0.717) is 10.6 Å². The van der Waals surface area contributed by atoms with Crippen LogP contribution in [0.1, 0.15) is 0 Å². The molecule has 0 unspecified atom stereocenters. The Balaban J connectivity index is 2.48. The first-order valence-corrected chi connectivity index (χ1v) is 5.96. The van der Waals surface area contributed by atoms with Crippen LogP contribution in [0.3, 0.4) is 0 Å². The van der Waals surface area contributed by atoms with Gasteiger partial charge in [-0.25, -0.2) is 9.37 Å². The lowest BCUT2D eigenvalue weighted by Gasteiger charge is -1.99. The van der Waals surface area contributed by atoms with Gasteiger partial charge in [0, 0.05) is 22.5 Å². The summed E-state index contributed by atoms with van der Waals surface area (Å²) in [6.07, 6.45) is 0. The molecule has 0 radical (unpaired) electrons. The number of thiazole rings is 1. The predicted octanol–water partition coefficient (Wildman–Crippen LogP) is 3.75. The molecular formula is C10H8BrFN2S. The van der Waals surface area contributed by atoms with Crippen LogP contribution >= 0.6 is 27.3 Å². The SMILES string of the molecule is CNc1csc(-c2cc(Br)ccc2F)n1. The van der Waals surface area contributed by atoms with E-state index >= 15 is 0 Å². The van der Waals surface area contributed by atoms with Crippen LogP contribution in [0.5, 0.6) is 0 Å². The lowest BCUT2D eigenvalue weighted by molar-refractivity contribution is 0.631. The van der Waals surface area contributed by atoms with E-state index in [-0.39, 0.29) is 5.82 Å². The van der Waals surface area contributed by atoms with E-state index in [4.69, 9.17) is 0 Å². The van der Waals surface area contributed by atoms with E-state index in [1.54, 1.807) is 19.2 Å². The number of hydrogen-bond donors (Lipinski definition) is 1. The number of hydrogen-bond acceptors (Lipinski definition) is 3. The lowest BCUT2D eigenvalue weighted by Crippen LogP contribution is -1.88. The third-order valence-electron chi connectivity index (χ3n) is 1.92. The molecule has 0 aliphatic heterocycles. The zero-order valence-electron chi connectivity index (χ0n) is 7.92. The Labute approximate surface area is 99.3 Å². The standard InChI is InChI=1S/C10H8BrFN2S/c1-13-9-5-15-10(14-9)7-4-6(11)2-3-8(7)12/h2-5,13H,1H3. The number of rotatable bonds is 2. The van der Waals surface area contributed by atoms with E-state index in [1.165, 1.54) is 17.4 Å². The zero-order chi connectivity index (χ0) is 10.8. The van der Waals surface area contributed by atoms with E-state index in [0.717, 1.165) is 10.3 Å². The first-order chi connectivity index (χ1) is 7.20. The molecule has 1 aromatic carbocycles. The van der Waals surface area contributed by atoms with Gasteiger partial charge in [0.15, 0.2) is 0 Å². The molecule has 5 heteroatoms. The highest BCUT2D eigenvalue weighted by molar-refractivity contribution is 9.10. The van der Waals surface area contributed by atoms with Crippen molar-refractivity contribution >= 4 is 33.1 Å². The molecule has 1 aromatic heterocycles. The lowest BCUT2D eigenvalue weighted by atomic mass is 10.2. The van der Waals surface area contributed by atoms with Crippen molar-refractivity contribution in [2.45, 2.75) is 0 Å². The molecular weight excluding hydrogens is 279 g/mol. The average molecular weight is 287 g/mol. The Morgan fingerprint density at radius 3 is 2.93 bits per heavy atom. The minimum Gasteiger partial charge on any atom is -0.372 e. The monoisotopic (exact) mass is 286 g/mol. The minimum absolute atomic E-state index is 0.254. The van der Waals surface area contributed by atoms with Crippen LogP contribution in [0.4, 0.5) is 10.2 Å². The minimum atomic E-state index is -0.254. The molecule has 2 nitrogen and oxygen atoms in total. The van der Waals surface area contributed by atoms with Crippen molar-refractivity contribution in [3.05, 3.63) is 33.9 Å². The Morgan fingerprint density at radius 2 is 2.27 bits per heavy atom. The van der Waals surface area contributed by atoms with Gasteiger partial charge >= 0.3 is 0 Å². The number of anilines is 1. The van der Waals surface area contributed by atoms with Crippen molar-refractivity contribution in [3.8, 4) is 10.6 Å². The van der Waals surface area contributed by atoms with Crippen molar-refractivity contribution in [2.75, 3.05) is 12.4 Å². The fraction of sp³-hybridized carbons (Fsp3) is 0.100. The van der Waals surface area contributed by atoms with Gasteiger partial charge in [-0.05, 0) is 18.2 Å². The van der Waals surface area contributed by atoms with Crippen molar-refractivity contribution < 1.29 is 4.39 Å². The Kier molecular flexibility index (Phi) is 3.02. The third kappa shape index (κ3) is 2.18. The first kappa shape index (κ1) is 10.6. The molecule has 0 bridgehead atoms. The fourth-order valence-corrected chi connectivity index (χ4v) is 2.36. The number of aromatic nitrogens is 1. The molecule has 0 amide bonds. The Hall–Kier alpha value is -0.940. The summed E-state index contributed by atoms with van der Waals surface area (Å²) in [4.78, 5) is 4.25. The molecule has 15 heavy (non-hydrogen) atoms. The molecule has 0 spiro atoms. The van der Waals surface area contributed by atoms with Gasteiger partial charge in [-0.1, -0.05) is 15.9 Å². The Morgan fingerprint density at radius 1 is 1.47 bits per heavy atom. The normalized spacial score (nSPS) is 10.3. The van der Waals surface area contributed by atoms with E-state index in [1.807, 2.05) is 5.38 Å². The molecule has 0 fully saturated rings. The highest BCUT2D eigenvalue weighted by Crippen LogP contribution is 2.29. The maximum absolute atomic E-state index is 13.5. The smallest absolute Gasteiger partial charge is 0.137 e. The summed E-state index contributed by atoms with van der Waals surface area (Å²) in [7, 11) is 1.79. The molecule has 2 aromatic rings. The second-order valence-electron chi connectivity index (χ2n) is 2.91. The van der Waals surface area contributed by atoms with Gasteiger partial charge in [0.25, 0.3) is 0 Å². The second kappa shape index (κ2) is 4.28. The topological polar surface area (TPSA) is 24.9 Å². The fourth-order valence-electron chi connectivity index (χ4n) is 1.17. The van der Waals surface area contributed by atoms with Gasteiger partial charge in [-0.3, -0.25) is 0 Å². The maximum Gasteiger partial charge on any atom is 0.137 e. The summed E-state index contributed by atoms with van der Waals surface area (Å²) < 4.78 is 14.3. The maximum atomic E-state index is 13.5. The molecule has 1 N–H and O–H groups in total. The summed E-state index contributed by atoms with van der Waals surface area (Å²) in [6.45, 7) is 0. The average Bonchev–Trinajstić information content (AvgIpc) is 2.70. The third-order valence-corrected chi connectivity index (χ3v) is 3.29. The van der Waals surface area contributed by atoms with E-state index < -0.39 is 0 Å². The van der Waals surface area contributed by atoms with E-state index in [2.05, 4.69) is 26.2 Å². The van der Waals surface area contributed by atoms with Gasteiger partial charge in [0.05, 0.1) is 0 Å². The molecule has 0 aliphatic carbocycles. The van der Waals surface area contributed by atoms with Gasteiger partial charge in [-0.15, -0.1) is 11.3 Å². The predicted molar refractivity (Wildman–Crippen MR) is 64.8 cm³/mol. The molecule has 78 valence electrons. The summed E-state index contributed by atoms with van der Waals surface area (Å²) in [5.41, 5.74) is 0.524. The molecule has 2 rings (SSSR count). The molecule has 0 atom stereocenters. The first-order valence-electron chi connectivity index (χ1n) is 4.29. The van der Waals surface area contributed by atoms with Crippen molar-refractivity contribution in [3.63, 3.8) is 0 Å². The highest BCUT2D eigenvalue weighted by atomic mass is 79.9.